The van der Waals surface area contributed by atoms with E-state index in [1.165, 1.54) is 30.8 Å². The minimum atomic E-state index is -0.941. The van der Waals surface area contributed by atoms with Crippen LogP contribution in [-0.4, -0.2) is 29.6 Å². The lowest BCUT2D eigenvalue weighted by Crippen LogP contribution is -2.30. The number of ether oxygens (including phenoxy) is 1. The molecule has 3 N–H and O–H groups in total. The Morgan fingerprint density at radius 3 is 2.31 bits per heavy atom. The number of halogens is 1. The number of benzene rings is 2. The number of amides is 2. The highest BCUT2D eigenvalue weighted by Gasteiger charge is 2.18. The number of thioether (sulfide) groups is 1. The highest BCUT2D eigenvalue weighted by atomic mass is 79.9. The van der Waals surface area contributed by atoms with Gasteiger partial charge >= 0.3 is 5.97 Å². The summed E-state index contributed by atoms with van der Waals surface area (Å²) in [5.41, 5.74) is 5.98. The van der Waals surface area contributed by atoms with E-state index >= 15 is 0 Å². The average Bonchev–Trinajstić information content (AvgIpc) is 2.61. The lowest BCUT2D eigenvalue weighted by molar-refractivity contribution is -0.150. The summed E-state index contributed by atoms with van der Waals surface area (Å²) in [6.45, 7) is 1.50. The first-order valence-electron chi connectivity index (χ1n) is 7.63. The van der Waals surface area contributed by atoms with Crippen molar-refractivity contribution in [3.05, 3.63) is 58.6 Å². The molecule has 2 amide bonds. The van der Waals surface area contributed by atoms with Crippen molar-refractivity contribution >= 4 is 51.2 Å². The summed E-state index contributed by atoms with van der Waals surface area (Å²) in [4.78, 5) is 35.9. The van der Waals surface area contributed by atoms with E-state index in [0.717, 1.165) is 9.37 Å². The molecule has 0 spiro atoms. The van der Waals surface area contributed by atoms with E-state index in [9.17, 15) is 14.4 Å². The first kappa shape index (κ1) is 20.0. The summed E-state index contributed by atoms with van der Waals surface area (Å²) in [6.07, 6.45) is -0.941. The molecule has 2 aromatic carbocycles. The van der Waals surface area contributed by atoms with E-state index in [4.69, 9.17) is 10.5 Å². The van der Waals surface area contributed by atoms with Gasteiger partial charge in [0.2, 0.25) is 5.91 Å². The van der Waals surface area contributed by atoms with Crippen LogP contribution in [0, 0.1) is 0 Å². The molecule has 0 fully saturated rings. The van der Waals surface area contributed by atoms with Crippen LogP contribution in [0.25, 0.3) is 0 Å². The summed E-state index contributed by atoms with van der Waals surface area (Å²) in [5.74, 6) is -1.39. The van der Waals surface area contributed by atoms with Gasteiger partial charge in [0.25, 0.3) is 5.91 Å². The van der Waals surface area contributed by atoms with Gasteiger partial charge in [-0.1, -0.05) is 15.9 Å². The van der Waals surface area contributed by atoms with E-state index < -0.39 is 23.9 Å². The van der Waals surface area contributed by atoms with Crippen LogP contribution < -0.4 is 11.1 Å². The molecule has 6 nitrogen and oxygen atoms in total. The lowest BCUT2D eigenvalue weighted by atomic mass is 10.2. The van der Waals surface area contributed by atoms with Gasteiger partial charge in [-0.05, 0) is 55.5 Å². The molecular weight excluding hydrogens is 420 g/mol. The number of carbonyl (C=O) groups is 3. The van der Waals surface area contributed by atoms with Crippen molar-refractivity contribution in [3.63, 3.8) is 0 Å². The fourth-order valence-corrected chi connectivity index (χ4v) is 2.86. The summed E-state index contributed by atoms with van der Waals surface area (Å²) in [5, 5.41) is 2.61. The predicted molar refractivity (Wildman–Crippen MR) is 104 cm³/mol. The molecule has 0 aliphatic heterocycles. The summed E-state index contributed by atoms with van der Waals surface area (Å²) < 4.78 is 6.09. The Balaban J connectivity index is 1.80. The Kier molecular flexibility index (Phi) is 7.23. The van der Waals surface area contributed by atoms with Crippen LogP contribution in [0.5, 0.6) is 0 Å². The van der Waals surface area contributed by atoms with E-state index in [2.05, 4.69) is 21.2 Å². The maximum absolute atomic E-state index is 12.1. The molecule has 2 rings (SSSR count). The second kappa shape index (κ2) is 9.40. The van der Waals surface area contributed by atoms with Gasteiger partial charge in [0, 0.05) is 20.6 Å². The third-order valence-corrected chi connectivity index (χ3v) is 4.80. The van der Waals surface area contributed by atoms with E-state index in [0.29, 0.717) is 11.3 Å². The van der Waals surface area contributed by atoms with E-state index in [1.54, 1.807) is 12.1 Å². The van der Waals surface area contributed by atoms with Gasteiger partial charge < -0.3 is 15.8 Å². The smallest absolute Gasteiger partial charge is 0.317 e. The second-order valence-electron chi connectivity index (χ2n) is 5.31. The zero-order valence-electron chi connectivity index (χ0n) is 13.9. The molecule has 0 heterocycles. The van der Waals surface area contributed by atoms with Gasteiger partial charge in [0.1, 0.15) is 0 Å². The van der Waals surface area contributed by atoms with Crippen LogP contribution in [0.4, 0.5) is 5.69 Å². The number of primary amides is 1. The van der Waals surface area contributed by atoms with Crippen molar-refractivity contribution in [2.45, 2.75) is 17.9 Å². The van der Waals surface area contributed by atoms with Crippen LogP contribution in [0.15, 0.2) is 57.9 Å². The Labute approximate surface area is 163 Å². The quantitative estimate of drug-likeness (QED) is 0.512. The van der Waals surface area contributed by atoms with Gasteiger partial charge in [0.15, 0.2) is 6.10 Å². The number of hydrogen-bond donors (Lipinski definition) is 2. The highest BCUT2D eigenvalue weighted by Crippen LogP contribution is 2.21. The molecule has 0 aliphatic rings. The van der Waals surface area contributed by atoms with Gasteiger partial charge in [0.05, 0.1) is 5.75 Å². The topological polar surface area (TPSA) is 98.5 Å². The van der Waals surface area contributed by atoms with Crippen LogP contribution in [0.1, 0.15) is 17.3 Å². The number of nitrogens with two attached hydrogens (primary N) is 1. The summed E-state index contributed by atoms with van der Waals surface area (Å²) in [7, 11) is 0. The molecule has 0 bridgehead atoms. The zero-order chi connectivity index (χ0) is 19.1. The molecule has 0 aromatic heterocycles. The van der Waals surface area contributed by atoms with Crippen molar-refractivity contribution in [3.8, 4) is 0 Å². The number of rotatable bonds is 7. The van der Waals surface area contributed by atoms with Crippen molar-refractivity contribution < 1.29 is 19.1 Å². The molecular formula is C18H17BrN2O4S. The second-order valence-corrected chi connectivity index (χ2v) is 7.27. The van der Waals surface area contributed by atoms with Crippen LogP contribution in [0.3, 0.4) is 0 Å². The number of anilines is 1. The molecule has 2 aromatic rings. The molecule has 1 atom stereocenters. The number of carbonyl (C=O) groups excluding carboxylic acids is 3. The van der Waals surface area contributed by atoms with Crippen molar-refractivity contribution in [2.75, 3.05) is 11.1 Å². The standard InChI is InChI=1S/C18H17BrN2O4S/c1-11(18(24)21-14-6-2-12(3-7-14)17(20)23)25-16(22)10-26-15-8-4-13(19)5-9-15/h2-9,11H,10H2,1H3,(H2,20,23)(H,21,24). The fourth-order valence-electron chi connectivity index (χ4n) is 1.92. The number of hydrogen-bond acceptors (Lipinski definition) is 5. The number of esters is 1. The maximum atomic E-state index is 12.1. The van der Waals surface area contributed by atoms with Crippen LogP contribution in [-0.2, 0) is 14.3 Å². The third-order valence-electron chi connectivity index (χ3n) is 3.28. The Morgan fingerprint density at radius 1 is 1.12 bits per heavy atom. The SMILES string of the molecule is CC(OC(=O)CSc1ccc(Br)cc1)C(=O)Nc1ccc(C(N)=O)cc1. The van der Waals surface area contributed by atoms with Crippen molar-refractivity contribution in [1.82, 2.24) is 0 Å². The minimum Gasteiger partial charge on any atom is -0.452 e. The first-order chi connectivity index (χ1) is 12.3. The largest absolute Gasteiger partial charge is 0.452 e. The maximum Gasteiger partial charge on any atom is 0.317 e. The van der Waals surface area contributed by atoms with E-state index in [1.807, 2.05) is 24.3 Å². The van der Waals surface area contributed by atoms with Gasteiger partial charge in [-0.25, -0.2) is 0 Å². The molecule has 136 valence electrons. The minimum absolute atomic E-state index is 0.104. The van der Waals surface area contributed by atoms with Gasteiger partial charge in [-0.15, -0.1) is 11.8 Å². The van der Waals surface area contributed by atoms with Crippen LogP contribution in [0.2, 0.25) is 0 Å². The van der Waals surface area contributed by atoms with Crippen molar-refractivity contribution in [2.24, 2.45) is 5.73 Å². The fraction of sp³-hybridized carbons (Fsp3) is 0.167. The van der Waals surface area contributed by atoms with Gasteiger partial charge in [-0.3, -0.25) is 14.4 Å². The Hall–Kier alpha value is -2.32. The highest BCUT2D eigenvalue weighted by molar-refractivity contribution is 9.10. The first-order valence-corrected chi connectivity index (χ1v) is 9.41. The Bertz CT molecular complexity index is 794. The average molecular weight is 437 g/mol. The number of nitrogens with one attached hydrogen (secondary N) is 1. The van der Waals surface area contributed by atoms with Gasteiger partial charge in [-0.2, -0.15) is 0 Å². The molecule has 0 radical (unpaired) electrons. The molecule has 1 unspecified atom stereocenters. The normalized spacial score (nSPS) is 11.5. The third kappa shape index (κ3) is 6.20. The monoisotopic (exact) mass is 436 g/mol. The van der Waals surface area contributed by atoms with Crippen molar-refractivity contribution in [1.29, 1.82) is 0 Å². The summed E-state index contributed by atoms with van der Waals surface area (Å²) in [6, 6.07) is 13.6. The zero-order valence-corrected chi connectivity index (χ0v) is 16.3. The molecule has 0 saturated heterocycles. The van der Waals surface area contributed by atoms with Crippen LogP contribution >= 0.6 is 27.7 Å². The molecule has 0 saturated carbocycles. The molecule has 0 aliphatic carbocycles. The molecule has 8 heteroatoms. The summed E-state index contributed by atoms with van der Waals surface area (Å²) >= 11 is 4.67. The molecule has 26 heavy (non-hydrogen) atoms. The predicted octanol–water partition coefficient (Wildman–Crippen LogP) is 3.21. The Morgan fingerprint density at radius 2 is 1.73 bits per heavy atom. The lowest BCUT2D eigenvalue weighted by Gasteiger charge is -2.13. The van der Waals surface area contributed by atoms with E-state index in [-0.39, 0.29) is 5.75 Å².